The molecule has 2 heterocycles. The van der Waals surface area contributed by atoms with Gasteiger partial charge in [0.05, 0.1) is 4.90 Å². The number of amides is 1. The van der Waals surface area contributed by atoms with E-state index in [1.165, 1.54) is 0 Å². The van der Waals surface area contributed by atoms with Crippen LogP contribution in [0, 0.1) is 11.3 Å². The predicted molar refractivity (Wildman–Crippen MR) is 149 cm³/mol. The Morgan fingerprint density at radius 1 is 1.08 bits per heavy atom. The molecule has 1 aromatic heterocycles. The van der Waals surface area contributed by atoms with Gasteiger partial charge in [-0.1, -0.05) is 54.6 Å². The quantitative estimate of drug-likeness (QED) is 0.175. The number of nitrogens with one attached hydrogen (secondary N) is 4. The van der Waals surface area contributed by atoms with Crippen molar-refractivity contribution in [2.24, 2.45) is 11.7 Å². The van der Waals surface area contributed by atoms with Crippen molar-refractivity contribution in [2.45, 2.75) is 30.2 Å². The Morgan fingerprint density at radius 2 is 1.82 bits per heavy atom. The van der Waals surface area contributed by atoms with Gasteiger partial charge in [-0.05, 0) is 48.3 Å². The van der Waals surface area contributed by atoms with Crippen LogP contribution in [0.4, 0.5) is 0 Å². The summed E-state index contributed by atoms with van der Waals surface area (Å²) in [5, 5.41) is 13.0. The Hall–Kier alpha value is -3.89. The van der Waals surface area contributed by atoms with E-state index in [2.05, 4.69) is 15.0 Å². The minimum Gasteiger partial charge on any atom is -0.370 e. The van der Waals surface area contributed by atoms with E-state index >= 15 is 0 Å². The molecule has 1 aliphatic rings. The lowest BCUT2D eigenvalue weighted by molar-refractivity contribution is -0.122. The fourth-order valence-corrected chi connectivity index (χ4v) is 6.63. The Kier molecular flexibility index (Phi) is 7.35. The van der Waals surface area contributed by atoms with Gasteiger partial charge in [-0.2, -0.15) is 4.72 Å². The van der Waals surface area contributed by atoms with Gasteiger partial charge in [0.15, 0.2) is 5.96 Å². The highest BCUT2D eigenvalue weighted by Gasteiger charge is 2.29. The van der Waals surface area contributed by atoms with Crippen LogP contribution in [-0.2, 0) is 21.2 Å². The Morgan fingerprint density at radius 3 is 2.63 bits per heavy atom. The number of hydrogen-bond donors (Lipinski definition) is 5. The van der Waals surface area contributed by atoms with Gasteiger partial charge in [0.25, 0.3) is 0 Å². The van der Waals surface area contributed by atoms with Gasteiger partial charge in [-0.3, -0.25) is 10.2 Å². The normalized spacial score (nSPS) is 16.9. The summed E-state index contributed by atoms with van der Waals surface area (Å²) in [5.41, 5.74) is 7.43. The molecular weight excluding hydrogens is 500 g/mol. The summed E-state index contributed by atoms with van der Waals surface area (Å²) in [5.74, 6) is -0.236. The largest absolute Gasteiger partial charge is 0.370 e. The second-order valence-corrected chi connectivity index (χ2v) is 11.5. The number of nitrogens with two attached hydrogens (primary N) is 1. The maximum absolute atomic E-state index is 13.6. The molecule has 2 unspecified atom stereocenters. The van der Waals surface area contributed by atoms with Crippen molar-refractivity contribution in [2.75, 3.05) is 19.6 Å². The number of fused-ring (bicyclic) bond motifs is 2. The lowest BCUT2D eigenvalue weighted by Gasteiger charge is -2.33. The number of aromatic nitrogens is 1. The van der Waals surface area contributed by atoms with Crippen LogP contribution in [0.5, 0.6) is 0 Å². The number of para-hydroxylation sites is 1. The molecule has 0 radical (unpaired) electrons. The molecule has 198 valence electrons. The minimum absolute atomic E-state index is 0.0288. The monoisotopic (exact) mass is 532 g/mol. The van der Waals surface area contributed by atoms with Crippen LogP contribution < -0.4 is 15.8 Å². The number of hydrogen-bond acceptors (Lipinski definition) is 4. The molecule has 10 heteroatoms. The molecule has 0 spiro atoms. The van der Waals surface area contributed by atoms with Gasteiger partial charge >= 0.3 is 0 Å². The summed E-state index contributed by atoms with van der Waals surface area (Å²) in [6.07, 6.45) is 3.79. The van der Waals surface area contributed by atoms with Crippen molar-refractivity contribution in [3.8, 4) is 0 Å². The third-order valence-electron chi connectivity index (χ3n) is 7.18. The van der Waals surface area contributed by atoms with E-state index in [9.17, 15) is 13.2 Å². The Balaban J connectivity index is 1.40. The number of likely N-dealkylation sites (tertiary alicyclic amines) is 1. The summed E-state index contributed by atoms with van der Waals surface area (Å²) in [6, 6.07) is 19.1. The summed E-state index contributed by atoms with van der Waals surface area (Å²) in [7, 11) is -4.02. The second kappa shape index (κ2) is 10.8. The number of nitrogens with zero attached hydrogens (tertiary/aromatic N) is 1. The molecule has 1 saturated heterocycles. The third kappa shape index (κ3) is 5.51. The Bertz CT molecular complexity index is 1580. The van der Waals surface area contributed by atoms with Crippen LogP contribution in [0.25, 0.3) is 21.7 Å². The molecule has 3 aromatic carbocycles. The number of H-pyrrole nitrogens is 1. The van der Waals surface area contributed by atoms with E-state index < -0.39 is 16.1 Å². The maximum atomic E-state index is 13.6. The van der Waals surface area contributed by atoms with Crippen LogP contribution in [0.2, 0.25) is 0 Å². The molecule has 4 aromatic rings. The molecule has 2 atom stereocenters. The van der Waals surface area contributed by atoms with Gasteiger partial charge in [0, 0.05) is 42.1 Å². The van der Waals surface area contributed by atoms with E-state index in [1.54, 1.807) is 29.2 Å². The van der Waals surface area contributed by atoms with Crippen LogP contribution in [0.3, 0.4) is 0 Å². The number of aromatic amines is 1. The van der Waals surface area contributed by atoms with Crippen molar-refractivity contribution in [1.82, 2.24) is 19.9 Å². The summed E-state index contributed by atoms with van der Waals surface area (Å²) in [4.78, 5) is 18.6. The van der Waals surface area contributed by atoms with Crippen LogP contribution in [0.15, 0.2) is 77.8 Å². The molecule has 6 N–H and O–H groups in total. The second-order valence-electron chi connectivity index (χ2n) is 9.80. The number of carbonyl (C=O) groups is 1. The first-order chi connectivity index (χ1) is 18.3. The zero-order chi connectivity index (χ0) is 26.7. The Labute approximate surface area is 222 Å². The van der Waals surface area contributed by atoms with Crippen molar-refractivity contribution in [1.29, 1.82) is 5.41 Å². The topological polar surface area (TPSA) is 144 Å². The van der Waals surface area contributed by atoms with Crippen LogP contribution in [0.1, 0.15) is 18.4 Å². The molecule has 1 amide bonds. The lowest BCUT2D eigenvalue weighted by atomic mass is 9.98. The highest BCUT2D eigenvalue weighted by atomic mass is 32.2. The van der Waals surface area contributed by atoms with Crippen LogP contribution in [-0.4, -0.2) is 55.8 Å². The predicted octanol–water partition coefficient (Wildman–Crippen LogP) is 2.93. The van der Waals surface area contributed by atoms with E-state index in [0.29, 0.717) is 18.5 Å². The van der Waals surface area contributed by atoms with E-state index in [0.717, 1.165) is 41.2 Å². The van der Waals surface area contributed by atoms with E-state index in [1.807, 2.05) is 48.7 Å². The minimum atomic E-state index is -4.02. The van der Waals surface area contributed by atoms with E-state index in [-0.39, 0.29) is 29.1 Å². The third-order valence-corrected chi connectivity index (χ3v) is 8.71. The number of carbonyl (C=O) groups excluding carboxylic acids is 1. The molecule has 0 saturated carbocycles. The summed E-state index contributed by atoms with van der Waals surface area (Å²) in [6.45, 7) is 1.70. The average molecular weight is 533 g/mol. The van der Waals surface area contributed by atoms with E-state index in [4.69, 9.17) is 11.1 Å². The first-order valence-corrected chi connectivity index (χ1v) is 14.2. The fraction of sp³-hybridized carbons (Fsp3) is 0.286. The molecule has 9 nitrogen and oxygen atoms in total. The molecule has 0 bridgehead atoms. The highest BCUT2D eigenvalue weighted by Crippen LogP contribution is 2.24. The highest BCUT2D eigenvalue weighted by molar-refractivity contribution is 7.89. The van der Waals surface area contributed by atoms with Gasteiger partial charge in [-0.15, -0.1) is 0 Å². The van der Waals surface area contributed by atoms with Crippen molar-refractivity contribution in [3.63, 3.8) is 0 Å². The molecule has 5 rings (SSSR count). The van der Waals surface area contributed by atoms with Crippen molar-refractivity contribution >= 4 is 43.6 Å². The van der Waals surface area contributed by atoms with Gasteiger partial charge in [0.2, 0.25) is 15.9 Å². The molecule has 1 aliphatic heterocycles. The van der Waals surface area contributed by atoms with Crippen molar-refractivity contribution < 1.29 is 13.2 Å². The maximum Gasteiger partial charge on any atom is 0.241 e. The smallest absolute Gasteiger partial charge is 0.241 e. The average Bonchev–Trinajstić information content (AvgIpc) is 3.33. The first kappa shape index (κ1) is 25.7. The SMILES string of the molecule is N=C(N)N1CCCC(CNC(=O)C(Cc2c[nH]c3ccccc23)NS(=O)(=O)c2cccc3ccccc23)C1. The number of sulfonamides is 1. The number of rotatable bonds is 8. The molecular formula is C28H32N6O3S. The summed E-state index contributed by atoms with van der Waals surface area (Å²) < 4.78 is 30.0. The zero-order valence-electron chi connectivity index (χ0n) is 21.0. The molecule has 38 heavy (non-hydrogen) atoms. The fourth-order valence-electron chi connectivity index (χ4n) is 5.21. The lowest BCUT2D eigenvalue weighted by Crippen LogP contribution is -2.51. The molecule has 1 fully saturated rings. The van der Waals surface area contributed by atoms with Gasteiger partial charge in [0.1, 0.15) is 6.04 Å². The van der Waals surface area contributed by atoms with Gasteiger partial charge < -0.3 is 20.9 Å². The number of benzene rings is 3. The molecule has 0 aliphatic carbocycles. The first-order valence-electron chi connectivity index (χ1n) is 12.7. The van der Waals surface area contributed by atoms with Gasteiger partial charge in [-0.25, -0.2) is 8.42 Å². The summed E-state index contributed by atoms with van der Waals surface area (Å²) >= 11 is 0. The number of piperidine rings is 1. The van der Waals surface area contributed by atoms with Crippen molar-refractivity contribution in [3.05, 3.63) is 78.5 Å². The van der Waals surface area contributed by atoms with Crippen LogP contribution >= 0.6 is 0 Å². The zero-order valence-corrected chi connectivity index (χ0v) is 21.8. The standard InChI is InChI=1S/C28H32N6O3S/c29-28(30)34-14-6-7-19(18-34)16-32-27(35)25(15-21-17-31-24-12-4-3-10-22(21)24)33-38(36,37)26-13-5-9-20-8-1-2-11-23(20)26/h1-5,8-13,17,19,25,31,33H,6-7,14-16,18H2,(H3,29,30)(H,32,35). The number of guanidine groups is 1.